The molecular weight excluding hydrogens is 394 g/mol. The smallest absolute Gasteiger partial charge is 0.231 e. The lowest BCUT2D eigenvalue weighted by Crippen LogP contribution is -2.32. The number of benzene rings is 2. The van der Waals surface area contributed by atoms with Crippen LogP contribution in [-0.4, -0.2) is 22.5 Å². The number of rotatable bonds is 4. The number of hydrogen-bond acceptors (Lipinski definition) is 5. The van der Waals surface area contributed by atoms with Gasteiger partial charge >= 0.3 is 0 Å². The van der Waals surface area contributed by atoms with Gasteiger partial charge in [-0.2, -0.15) is 0 Å². The van der Waals surface area contributed by atoms with Crippen LogP contribution in [0.4, 0.5) is 5.69 Å². The van der Waals surface area contributed by atoms with Crippen molar-refractivity contribution in [2.45, 2.75) is 23.4 Å². The van der Waals surface area contributed by atoms with Crippen molar-refractivity contribution in [3.05, 3.63) is 71.0 Å². The van der Waals surface area contributed by atoms with E-state index < -0.39 is 0 Å². The number of aryl methyl sites for hydroxylation is 1. The standard InChI is InChI=1S/C21H18ClN3O2S/c1-13-9-17(28-21-23-7-2-8-24-21)4-5-18(13)25-20(26)15-10-14-11-16(22)3-6-19(14)27-12-15/h2-9,11,15H,10,12H2,1H3,(H,25,26). The Hall–Kier alpha value is -2.57. The first-order chi connectivity index (χ1) is 13.6. The monoisotopic (exact) mass is 411 g/mol. The van der Waals surface area contributed by atoms with Gasteiger partial charge in [0, 0.05) is 28.0 Å². The second-order valence-corrected chi connectivity index (χ2v) is 8.04. The van der Waals surface area contributed by atoms with Crippen molar-refractivity contribution in [1.82, 2.24) is 9.97 Å². The van der Waals surface area contributed by atoms with Crippen LogP contribution in [0.3, 0.4) is 0 Å². The molecule has 7 heteroatoms. The summed E-state index contributed by atoms with van der Waals surface area (Å²) in [6, 6.07) is 13.2. The lowest BCUT2D eigenvalue weighted by atomic mass is 9.96. The van der Waals surface area contributed by atoms with E-state index in [1.165, 1.54) is 11.8 Å². The molecule has 1 aliphatic rings. The van der Waals surface area contributed by atoms with Gasteiger partial charge in [0.1, 0.15) is 12.4 Å². The zero-order valence-corrected chi connectivity index (χ0v) is 16.8. The van der Waals surface area contributed by atoms with Crippen LogP contribution in [0, 0.1) is 12.8 Å². The van der Waals surface area contributed by atoms with E-state index in [1.807, 2.05) is 37.3 Å². The largest absolute Gasteiger partial charge is 0.492 e. The van der Waals surface area contributed by atoms with Gasteiger partial charge in [-0.05, 0) is 78.7 Å². The molecule has 0 aliphatic carbocycles. The number of fused-ring (bicyclic) bond motifs is 1. The maximum atomic E-state index is 12.7. The minimum atomic E-state index is -0.253. The average Bonchev–Trinajstić information content (AvgIpc) is 2.70. The van der Waals surface area contributed by atoms with Crippen molar-refractivity contribution >= 4 is 35.0 Å². The molecule has 1 amide bonds. The van der Waals surface area contributed by atoms with Gasteiger partial charge in [0.05, 0.1) is 5.92 Å². The number of amides is 1. The summed E-state index contributed by atoms with van der Waals surface area (Å²) in [6.07, 6.45) is 4.04. The van der Waals surface area contributed by atoms with E-state index in [-0.39, 0.29) is 11.8 Å². The fourth-order valence-corrected chi connectivity index (χ4v) is 4.05. The molecule has 2 heterocycles. The molecule has 28 heavy (non-hydrogen) atoms. The summed E-state index contributed by atoms with van der Waals surface area (Å²) in [5.74, 6) is 0.492. The second kappa shape index (κ2) is 8.20. The van der Waals surface area contributed by atoms with Crippen LogP contribution in [-0.2, 0) is 11.2 Å². The molecule has 2 aromatic carbocycles. The topological polar surface area (TPSA) is 64.1 Å². The summed E-state index contributed by atoms with van der Waals surface area (Å²) in [6.45, 7) is 2.33. The van der Waals surface area contributed by atoms with Crippen LogP contribution in [0.2, 0.25) is 5.02 Å². The molecule has 1 unspecified atom stereocenters. The molecule has 1 aromatic heterocycles. The van der Waals surface area contributed by atoms with Crippen molar-refractivity contribution in [2.75, 3.05) is 11.9 Å². The highest BCUT2D eigenvalue weighted by molar-refractivity contribution is 7.99. The lowest BCUT2D eigenvalue weighted by Gasteiger charge is -2.25. The molecular formula is C21H18ClN3O2S. The molecule has 0 saturated carbocycles. The minimum Gasteiger partial charge on any atom is -0.492 e. The number of carbonyl (C=O) groups is 1. The Kier molecular flexibility index (Phi) is 5.50. The number of anilines is 1. The molecule has 0 radical (unpaired) electrons. The minimum absolute atomic E-state index is 0.0551. The number of nitrogens with one attached hydrogen (secondary N) is 1. The fraction of sp³-hybridized carbons (Fsp3) is 0.190. The number of ether oxygens (including phenoxy) is 1. The van der Waals surface area contributed by atoms with Gasteiger partial charge in [0.2, 0.25) is 5.91 Å². The number of carbonyl (C=O) groups excluding carboxylic acids is 1. The number of halogens is 1. The van der Waals surface area contributed by atoms with Crippen molar-refractivity contribution in [3.63, 3.8) is 0 Å². The predicted molar refractivity (Wildman–Crippen MR) is 110 cm³/mol. The Morgan fingerprint density at radius 3 is 2.82 bits per heavy atom. The number of nitrogens with zero attached hydrogens (tertiary/aromatic N) is 2. The molecule has 0 spiro atoms. The maximum Gasteiger partial charge on any atom is 0.231 e. The van der Waals surface area contributed by atoms with Crippen LogP contribution < -0.4 is 10.1 Å². The van der Waals surface area contributed by atoms with Gasteiger partial charge < -0.3 is 10.1 Å². The van der Waals surface area contributed by atoms with Gasteiger partial charge in [0.15, 0.2) is 5.16 Å². The van der Waals surface area contributed by atoms with Gasteiger partial charge in [-0.3, -0.25) is 4.79 Å². The zero-order valence-electron chi connectivity index (χ0n) is 15.2. The van der Waals surface area contributed by atoms with Crippen molar-refractivity contribution in [3.8, 4) is 5.75 Å². The first-order valence-corrected chi connectivity index (χ1v) is 10.1. The molecule has 4 rings (SSSR count). The van der Waals surface area contributed by atoms with Crippen LogP contribution in [0.15, 0.2) is 64.9 Å². The van der Waals surface area contributed by atoms with E-state index in [2.05, 4.69) is 15.3 Å². The Morgan fingerprint density at radius 2 is 2.04 bits per heavy atom. The first-order valence-electron chi connectivity index (χ1n) is 8.86. The zero-order chi connectivity index (χ0) is 19.5. The Bertz CT molecular complexity index is 1010. The summed E-state index contributed by atoms with van der Waals surface area (Å²) < 4.78 is 5.73. The average molecular weight is 412 g/mol. The van der Waals surface area contributed by atoms with E-state index in [0.29, 0.717) is 23.2 Å². The Morgan fingerprint density at radius 1 is 1.21 bits per heavy atom. The Balaban J connectivity index is 1.43. The number of hydrogen-bond donors (Lipinski definition) is 1. The molecule has 0 saturated heterocycles. The quantitative estimate of drug-likeness (QED) is 0.626. The molecule has 5 nitrogen and oxygen atoms in total. The molecule has 142 valence electrons. The third-order valence-electron chi connectivity index (χ3n) is 4.51. The van der Waals surface area contributed by atoms with Crippen molar-refractivity contribution in [2.24, 2.45) is 5.92 Å². The van der Waals surface area contributed by atoms with Crippen molar-refractivity contribution < 1.29 is 9.53 Å². The molecule has 3 aromatic rings. The highest BCUT2D eigenvalue weighted by Crippen LogP contribution is 2.31. The van der Waals surface area contributed by atoms with Crippen LogP contribution in [0.25, 0.3) is 0 Å². The van der Waals surface area contributed by atoms with E-state index in [1.54, 1.807) is 24.5 Å². The highest BCUT2D eigenvalue weighted by atomic mass is 35.5. The van der Waals surface area contributed by atoms with Crippen LogP contribution >= 0.6 is 23.4 Å². The van der Waals surface area contributed by atoms with Crippen LogP contribution in [0.5, 0.6) is 5.75 Å². The van der Waals surface area contributed by atoms with Gasteiger partial charge in [-0.25, -0.2) is 9.97 Å². The highest BCUT2D eigenvalue weighted by Gasteiger charge is 2.26. The normalized spacial score (nSPS) is 15.4. The van der Waals surface area contributed by atoms with Crippen LogP contribution in [0.1, 0.15) is 11.1 Å². The second-order valence-electron chi connectivity index (χ2n) is 6.56. The summed E-state index contributed by atoms with van der Waals surface area (Å²) in [7, 11) is 0. The Labute approximate surface area is 172 Å². The maximum absolute atomic E-state index is 12.7. The fourth-order valence-electron chi connectivity index (χ4n) is 3.05. The van der Waals surface area contributed by atoms with E-state index in [0.717, 1.165) is 27.5 Å². The molecule has 1 aliphatic heterocycles. The van der Waals surface area contributed by atoms with E-state index >= 15 is 0 Å². The summed E-state index contributed by atoms with van der Waals surface area (Å²) in [4.78, 5) is 22.2. The molecule has 1 N–H and O–H groups in total. The predicted octanol–water partition coefficient (Wildman–Crippen LogP) is 4.78. The van der Waals surface area contributed by atoms with Crippen molar-refractivity contribution in [1.29, 1.82) is 0 Å². The first kappa shape index (κ1) is 18.8. The summed E-state index contributed by atoms with van der Waals surface area (Å²) >= 11 is 7.54. The van der Waals surface area contributed by atoms with E-state index in [4.69, 9.17) is 16.3 Å². The molecule has 0 fully saturated rings. The lowest BCUT2D eigenvalue weighted by molar-refractivity contribution is -0.121. The third-order valence-corrected chi connectivity index (χ3v) is 5.62. The molecule has 0 bridgehead atoms. The molecule has 1 atom stereocenters. The SMILES string of the molecule is Cc1cc(Sc2ncccn2)ccc1NC(=O)C1COc2ccc(Cl)cc2C1. The summed E-state index contributed by atoms with van der Waals surface area (Å²) in [5.41, 5.74) is 2.74. The third kappa shape index (κ3) is 4.29. The summed E-state index contributed by atoms with van der Waals surface area (Å²) in [5, 5.41) is 4.36. The number of aromatic nitrogens is 2. The van der Waals surface area contributed by atoms with Gasteiger partial charge in [-0.1, -0.05) is 11.6 Å². The van der Waals surface area contributed by atoms with Gasteiger partial charge in [-0.15, -0.1) is 0 Å². The van der Waals surface area contributed by atoms with Gasteiger partial charge in [0.25, 0.3) is 0 Å². The van der Waals surface area contributed by atoms with E-state index in [9.17, 15) is 4.79 Å².